The van der Waals surface area contributed by atoms with Crippen LogP contribution in [0.3, 0.4) is 0 Å². The molecule has 1 amide bonds. The summed E-state index contributed by atoms with van der Waals surface area (Å²) >= 11 is 0. The molecule has 0 unspecified atom stereocenters. The number of carbonyl (C=O) groups excluding carboxylic acids is 1. The number of benzene rings is 2. The third kappa shape index (κ3) is 3.81. The Morgan fingerprint density at radius 2 is 1.83 bits per heavy atom. The standard InChI is InChI=1S/C20H23NO2/c1-6-7-16-12-17(8-9-18(16)23-5)20(22)21-19-14(3)10-13(2)11-15(19)4/h6,8-12H,1,7H2,2-5H3,(H,21,22). The molecule has 2 rings (SSSR count). The molecule has 0 bridgehead atoms. The van der Waals surface area contributed by atoms with E-state index < -0.39 is 0 Å². The van der Waals surface area contributed by atoms with E-state index >= 15 is 0 Å². The Kier molecular flexibility index (Phi) is 5.22. The minimum atomic E-state index is -0.118. The zero-order valence-corrected chi connectivity index (χ0v) is 14.2. The summed E-state index contributed by atoms with van der Waals surface area (Å²) in [5, 5.41) is 3.02. The van der Waals surface area contributed by atoms with Crippen molar-refractivity contribution in [3.8, 4) is 5.75 Å². The van der Waals surface area contributed by atoms with Crippen molar-refractivity contribution in [2.75, 3.05) is 12.4 Å². The van der Waals surface area contributed by atoms with Crippen molar-refractivity contribution >= 4 is 11.6 Å². The van der Waals surface area contributed by atoms with Gasteiger partial charge in [0.25, 0.3) is 5.91 Å². The number of nitrogens with one attached hydrogen (secondary N) is 1. The van der Waals surface area contributed by atoms with Gasteiger partial charge in [-0.1, -0.05) is 23.8 Å². The van der Waals surface area contributed by atoms with Gasteiger partial charge in [0.2, 0.25) is 0 Å². The molecule has 0 saturated heterocycles. The van der Waals surface area contributed by atoms with Crippen molar-refractivity contribution in [2.45, 2.75) is 27.2 Å². The SMILES string of the molecule is C=CCc1cc(C(=O)Nc2c(C)cc(C)cc2C)ccc1OC. The molecule has 2 aromatic carbocycles. The summed E-state index contributed by atoms with van der Waals surface area (Å²) in [7, 11) is 1.63. The highest BCUT2D eigenvalue weighted by molar-refractivity contribution is 6.05. The second kappa shape index (κ2) is 7.14. The number of carbonyl (C=O) groups is 1. The third-order valence-electron chi connectivity index (χ3n) is 3.82. The van der Waals surface area contributed by atoms with Gasteiger partial charge in [0, 0.05) is 11.3 Å². The first kappa shape index (κ1) is 16.8. The van der Waals surface area contributed by atoms with Crippen LogP contribution in [-0.2, 0) is 6.42 Å². The first-order valence-corrected chi connectivity index (χ1v) is 7.63. The molecule has 0 atom stereocenters. The van der Waals surface area contributed by atoms with Crippen LogP contribution in [0.1, 0.15) is 32.6 Å². The molecule has 120 valence electrons. The summed E-state index contributed by atoms with van der Waals surface area (Å²) in [6.45, 7) is 9.81. The lowest BCUT2D eigenvalue weighted by Crippen LogP contribution is -2.14. The number of rotatable bonds is 5. The van der Waals surface area contributed by atoms with Gasteiger partial charge in [0.1, 0.15) is 5.75 Å². The monoisotopic (exact) mass is 309 g/mol. The van der Waals surface area contributed by atoms with Crippen molar-refractivity contribution in [3.63, 3.8) is 0 Å². The maximum Gasteiger partial charge on any atom is 0.255 e. The largest absolute Gasteiger partial charge is 0.496 e. The molecular weight excluding hydrogens is 286 g/mol. The van der Waals surface area contributed by atoms with E-state index in [0.29, 0.717) is 12.0 Å². The van der Waals surface area contributed by atoms with E-state index in [1.807, 2.05) is 26.0 Å². The molecule has 0 aromatic heterocycles. The fourth-order valence-corrected chi connectivity index (χ4v) is 2.80. The molecule has 0 fully saturated rings. The van der Waals surface area contributed by atoms with Crippen LogP contribution in [0, 0.1) is 20.8 Å². The molecule has 3 nitrogen and oxygen atoms in total. The average Bonchev–Trinajstić information content (AvgIpc) is 2.51. The molecule has 3 heteroatoms. The number of hydrogen-bond donors (Lipinski definition) is 1. The lowest BCUT2D eigenvalue weighted by Gasteiger charge is -2.14. The van der Waals surface area contributed by atoms with Gasteiger partial charge in [0.05, 0.1) is 7.11 Å². The lowest BCUT2D eigenvalue weighted by molar-refractivity contribution is 0.102. The molecule has 0 heterocycles. The van der Waals surface area contributed by atoms with Gasteiger partial charge in [-0.2, -0.15) is 0 Å². The van der Waals surface area contributed by atoms with Crippen LogP contribution in [0.4, 0.5) is 5.69 Å². The lowest BCUT2D eigenvalue weighted by atomic mass is 10.0. The molecular formula is C20H23NO2. The van der Waals surface area contributed by atoms with Crippen LogP contribution in [0.5, 0.6) is 5.75 Å². The highest BCUT2D eigenvalue weighted by Crippen LogP contribution is 2.24. The van der Waals surface area contributed by atoms with Crippen molar-refractivity contribution in [1.29, 1.82) is 0 Å². The van der Waals surface area contributed by atoms with Gasteiger partial charge >= 0.3 is 0 Å². The van der Waals surface area contributed by atoms with Gasteiger partial charge in [-0.3, -0.25) is 4.79 Å². The summed E-state index contributed by atoms with van der Waals surface area (Å²) in [6, 6.07) is 9.59. The average molecular weight is 309 g/mol. The van der Waals surface area contributed by atoms with E-state index in [-0.39, 0.29) is 5.91 Å². The Morgan fingerprint density at radius 1 is 1.17 bits per heavy atom. The second-order valence-corrected chi connectivity index (χ2v) is 5.75. The number of aryl methyl sites for hydroxylation is 3. The molecule has 0 aliphatic rings. The Bertz CT molecular complexity index is 724. The fraction of sp³-hybridized carbons (Fsp3) is 0.250. The second-order valence-electron chi connectivity index (χ2n) is 5.75. The Morgan fingerprint density at radius 3 is 2.39 bits per heavy atom. The van der Waals surface area contributed by atoms with Crippen LogP contribution < -0.4 is 10.1 Å². The van der Waals surface area contributed by atoms with E-state index in [9.17, 15) is 4.79 Å². The van der Waals surface area contributed by atoms with Gasteiger partial charge in [0.15, 0.2) is 0 Å². The first-order valence-electron chi connectivity index (χ1n) is 7.63. The molecule has 23 heavy (non-hydrogen) atoms. The van der Waals surface area contributed by atoms with Crippen LogP contribution >= 0.6 is 0 Å². The van der Waals surface area contributed by atoms with Crippen molar-refractivity contribution in [1.82, 2.24) is 0 Å². The number of hydrogen-bond acceptors (Lipinski definition) is 2. The molecule has 0 saturated carbocycles. The zero-order valence-electron chi connectivity index (χ0n) is 14.2. The van der Waals surface area contributed by atoms with E-state index in [4.69, 9.17) is 4.74 Å². The van der Waals surface area contributed by atoms with Gasteiger partial charge in [-0.15, -0.1) is 6.58 Å². The molecule has 1 N–H and O–H groups in total. The summed E-state index contributed by atoms with van der Waals surface area (Å²) in [6.07, 6.45) is 2.46. The number of ether oxygens (including phenoxy) is 1. The Hall–Kier alpha value is -2.55. The van der Waals surface area contributed by atoms with E-state index in [1.165, 1.54) is 5.56 Å². The normalized spacial score (nSPS) is 10.3. The van der Waals surface area contributed by atoms with Gasteiger partial charge in [-0.25, -0.2) is 0 Å². The minimum absolute atomic E-state index is 0.118. The van der Waals surface area contributed by atoms with E-state index in [2.05, 4.69) is 31.0 Å². The highest BCUT2D eigenvalue weighted by atomic mass is 16.5. The maximum atomic E-state index is 12.6. The summed E-state index contributed by atoms with van der Waals surface area (Å²) < 4.78 is 5.32. The topological polar surface area (TPSA) is 38.3 Å². The quantitative estimate of drug-likeness (QED) is 0.820. The smallest absolute Gasteiger partial charge is 0.255 e. The Balaban J connectivity index is 2.31. The number of allylic oxidation sites excluding steroid dienone is 1. The summed E-state index contributed by atoms with van der Waals surface area (Å²) in [5.41, 5.74) is 5.76. The highest BCUT2D eigenvalue weighted by Gasteiger charge is 2.12. The Labute approximate surface area is 138 Å². The minimum Gasteiger partial charge on any atom is -0.496 e. The van der Waals surface area contributed by atoms with Gasteiger partial charge in [-0.05, 0) is 62.1 Å². The van der Waals surface area contributed by atoms with Crippen LogP contribution in [-0.4, -0.2) is 13.0 Å². The van der Waals surface area contributed by atoms with Crippen LogP contribution in [0.2, 0.25) is 0 Å². The van der Waals surface area contributed by atoms with Crippen molar-refractivity contribution in [2.24, 2.45) is 0 Å². The predicted octanol–water partition coefficient (Wildman–Crippen LogP) is 4.60. The number of amides is 1. The maximum absolute atomic E-state index is 12.6. The van der Waals surface area contributed by atoms with Gasteiger partial charge < -0.3 is 10.1 Å². The first-order chi connectivity index (χ1) is 11.0. The van der Waals surface area contributed by atoms with Crippen molar-refractivity contribution in [3.05, 3.63) is 70.8 Å². The van der Waals surface area contributed by atoms with E-state index in [0.717, 1.165) is 28.1 Å². The summed E-state index contributed by atoms with van der Waals surface area (Å²) in [5.74, 6) is 0.650. The summed E-state index contributed by atoms with van der Waals surface area (Å²) in [4.78, 5) is 12.6. The fourth-order valence-electron chi connectivity index (χ4n) is 2.80. The molecule has 2 aromatic rings. The van der Waals surface area contributed by atoms with Crippen LogP contribution in [0.15, 0.2) is 43.0 Å². The van der Waals surface area contributed by atoms with Crippen LogP contribution in [0.25, 0.3) is 0 Å². The zero-order chi connectivity index (χ0) is 17.0. The molecule has 0 aliphatic heterocycles. The van der Waals surface area contributed by atoms with E-state index in [1.54, 1.807) is 19.3 Å². The number of methoxy groups -OCH3 is 1. The molecule has 0 aliphatic carbocycles. The number of anilines is 1. The molecule has 0 spiro atoms. The van der Waals surface area contributed by atoms with Crippen molar-refractivity contribution < 1.29 is 9.53 Å². The predicted molar refractivity (Wildman–Crippen MR) is 95.5 cm³/mol. The third-order valence-corrected chi connectivity index (χ3v) is 3.82. The molecule has 0 radical (unpaired) electrons.